The number of carbonyl (C=O) groups is 1. The van der Waals surface area contributed by atoms with Crippen molar-refractivity contribution in [3.05, 3.63) is 29.0 Å². The van der Waals surface area contributed by atoms with Gasteiger partial charge in [-0.05, 0) is 38.7 Å². The van der Waals surface area contributed by atoms with Crippen molar-refractivity contribution >= 4 is 17.5 Å². The van der Waals surface area contributed by atoms with Crippen LogP contribution in [-0.2, 0) is 0 Å². The van der Waals surface area contributed by atoms with Crippen LogP contribution >= 0.6 is 11.6 Å². The van der Waals surface area contributed by atoms with Gasteiger partial charge in [-0.2, -0.15) is 0 Å². The minimum absolute atomic E-state index is 0.00429. The number of aromatic nitrogens is 1. The van der Waals surface area contributed by atoms with Crippen molar-refractivity contribution in [3.8, 4) is 0 Å². The van der Waals surface area contributed by atoms with Gasteiger partial charge in [-0.1, -0.05) is 11.6 Å². The molecule has 104 valence electrons. The number of halogens is 1. The van der Waals surface area contributed by atoms with Gasteiger partial charge in [-0.15, -0.1) is 0 Å². The number of pyridine rings is 1. The zero-order valence-corrected chi connectivity index (χ0v) is 11.9. The molecule has 0 saturated heterocycles. The van der Waals surface area contributed by atoms with Gasteiger partial charge in [-0.3, -0.25) is 9.78 Å². The molecule has 0 aliphatic heterocycles. The van der Waals surface area contributed by atoms with Gasteiger partial charge in [0.15, 0.2) is 0 Å². The summed E-state index contributed by atoms with van der Waals surface area (Å²) < 4.78 is 0. The van der Waals surface area contributed by atoms with Crippen molar-refractivity contribution in [3.63, 3.8) is 0 Å². The van der Waals surface area contributed by atoms with Crippen LogP contribution in [0.2, 0.25) is 5.02 Å². The van der Waals surface area contributed by atoms with Gasteiger partial charge in [0.05, 0.1) is 10.6 Å². The maximum Gasteiger partial charge on any atom is 0.255 e. The smallest absolute Gasteiger partial charge is 0.255 e. The summed E-state index contributed by atoms with van der Waals surface area (Å²) in [5, 5.41) is 0.415. The first kappa shape index (κ1) is 14.3. The van der Waals surface area contributed by atoms with E-state index in [1.165, 1.54) is 6.20 Å². The second-order valence-electron chi connectivity index (χ2n) is 5.02. The SMILES string of the molecule is CCN(C(=O)c1ccncc1Cl)C1CCC(N)CC1. The summed E-state index contributed by atoms with van der Waals surface area (Å²) in [7, 11) is 0. The van der Waals surface area contributed by atoms with Crippen molar-refractivity contribution < 1.29 is 4.79 Å². The average molecular weight is 282 g/mol. The Hall–Kier alpha value is -1.13. The zero-order valence-electron chi connectivity index (χ0n) is 11.2. The van der Waals surface area contributed by atoms with Crippen LogP contribution in [0.25, 0.3) is 0 Å². The molecule has 0 unspecified atom stereocenters. The van der Waals surface area contributed by atoms with E-state index >= 15 is 0 Å². The minimum atomic E-state index is -0.00429. The molecule has 1 aliphatic rings. The van der Waals surface area contributed by atoms with Gasteiger partial charge in [0.1, 0.15) is 0 Å². The second kappa shape index (κ2) is 6.35. The molecule has 2 N–H and O–H groups in total. The van der Waals surface area contributed by atoms with E-state index in [-0.39, 0.29) is 18.0 Å². The third-order valence-corrected chi connectivity index (χ3v) is 4.09. The maximum atomic E-state index is 12.6. The number of hydrogen-bond acceptors (Lipinski definition) is 3. The van der Waals surface area contributed by atoms with Crippen LogP contribution in [0.3, 0.4) is 0 Å². The zero-order chi connectivity index (χ0) is 13.8. The highest BCUT2D eigenvalue weighted by Crippen LogP contribution is 2.25. The van der Waals surface area contributed by atoms with E-state index in [9.17, 15) is 4.79 Å². The number of hydrogen-bond donors (Lipinski definition) is 1. The van der Waals surface area contributed by atoms with Crippen LogP contribution in [-0.4, -0.2) is 34.4 Å². The van der Waals surface area contributed by atoms with E-state index in [2.05, 4.69) is 4.98 Å². The Kier molecular flexibility index (Phi) is 4.77. The maximum absolute atomic E-state index is 12.6. The van der Waals surface area contributed by atoms with Gasteiger partial charge >= 0.3 is 0 Å². The predicted molar refractivity (Wildman–Crippen MR) is 76.2 cm³/mol. The highest BCUT2D eigenvalue weighted by Gasteiger charge is 2.28. The first-order chi connectivity index (χ1) is 9.13. The fourth-order valence-electron chi connectivity index (χ4n) is 2.68. The topological polar surface area (TPSA) is 59.2 Å². The van der Waals surface area contributed by atoms with Crippen molar-refractivity contribution in [1.29, 1.82) is 0 Å². The number of nitrogens with zero attached hydrogens (tertiary/aromatic N) is 2. The second-order valence-corrected chi connectivity index (χ2v) is 5.42. The summed E-state index contributed by atoms with van der Waals surface area (Å²) in [5.41, 5.74) is 6.45. The van der Waals surface area contributed by atoms with Crippen LogP contribution < -0.4 is 5.73 Å². The molecule has 2 rings (SSSR count). The van der Waals surface area contributed by atoms with E-state index in [1.54, 1.807) is 12.3 Å². The average Bonchev–Trinajstić information content (AvgIpc) is 2.42. The van der Waals surface area contributed by atoms with Crippen LogP contribution in [0.15, 0.2) is 18.5 Å². The molecule has 1 aromatic rings. The molecule has 1 fully saturated rings. The summed E-state index contributed by atoms with van der Waals surface area (Å²) in [5.74, 6) is -0.00429. The monoisotopic (exact) mass is 281 g/mol. The van der Waals surface area contributed by atoms with E-state index in [0.717, 1.165) is 25.7 Å². The lowest BCUT2D eigenvalue weighted by Crippen LogP contribution is -2.44. The molecule has 1 aromatic heterocycles. The van der Waals surface area contributed by atoms with E-state index in [4.69, 9.17) is 17.3 Å². The highest BCUT2D eigenvalue weighted by atomic mass is 35.5. The molecular formula is C14H20ClN3O. The van der Waals surface area contributed by atoms with Crippen LogP contribution in [0, 0.1) is 0 Å². The Labute approximate surface area is 118 Å². The number of nitrogens with two attached hydrogens (primary N) is 1. The van der Waals surface area contributed by atoms with Gasteiger partial charge in [0.2, 0.25) is 0 Å². The molecule has 0 bridgehead atoms. The van der Waals surface area contributed by atoms with E-state index in [0.29, 0.717) is 17.1 Å². The lowest BCUT2D eigenvalue weighted by molar-refractivity contribution is 0.0641. The molecule has 0 radical (unpaired) electrons. The molecule has 0 aromatic carbocycles. The van der Waals surface area contributed by atoms with Gasteiger partial charge in [0, 0.05) is 31.0 Å². The number of rotatable bonds is 3. The largest absolute Gasteiger partial charge is 0.336 e. The van der Waals surface area contributed by atoms with Gasteiger partial charge in [0.25, 0.3) is 5.91 Å². The molecule has 5 heteroatoms. The van der Waals surface area contributed by atoms with Crippen molar-refractivity contribution in [2.75, 3.05) is 6.54 Å². The Morgan fingerprint density at radius 3 is 2.74 bits per heavy atom. The Morgan fingerprint density at radius 2 is 2.16 bits per heavy atom. The van der Waals surface area contributed by atoms with Crippen LogP contribution in [0.1, 0.15) is 43.0 Å². The molecule has 0 atom stereocenters. The summed E-state index contributed by atoms with van der Waals surface area (Å²) in [6.45, 7) is 2.69. The normalized spacial score (nSPS) is 23.1. The first-order valence-corrected chi connectivity index (χ1v) is 7.17. The van der Waals surface area contributed by atoms with Crippen LogP contribution in [0.4, 0.5) is 0 Å². The van der Waals surface area contributed by atoms with Crippen molar-refractivity contribution in [2.45, 2.75) is 44.7 Å². The van der Waals surface area contributed by atoms with Crippen molar-refractivity contribution in [2.24, 2.45) is 5.73 Å². The van der Waals surface area contributed by atoms with Crippen molar-refractivity contribution in [1.82, 2.24) is 9.88 Å². The summed E-state index contributed by atoms with van der Waals surface area (Å²) in [4.78, 5) is 18.4. The van der Waals surface area contributed by atoms with E-state index in [1.807, 2.05) is 11.8 Å². The lowest BCUT2D eigenvalue weighted by Gasteiger charge is -2.35. The molecule has 1 amide bonds. The molecular weight excluding hydrogens is 262 g/mol. The number of amides is 1. The van der Waals surface area contributed by atoms with Gasteiger partial charge < -0.3 is 10.6 Å². The summed E-state index contributed by atoms with van der Waals surface area (Å²) in [6, 6.07) is 2.25. The molecule has 4 nitrogen and oxygen atoms in total. The number of carbonyl (C=O) groups excluding carboxylic acids is 1. The Bertz CT molecular complexity index is 444. The third-order valence-electron chi connectivity index (χ3n) is 3.79. The molecule has 0 spiro atoms. The molecule has 1 aliphatic carbocycles. The fraction of sp³-hybridized carbons (Fsp3) is 0.571. The molecule has 1 saturated carbocycles. The van der Waals surface area contributed by atoms with Crippen LogP contribution in [0.5, 0.6) is 0 Å². The lowest BCUT2D eigenvalue weighted by atomic mass is 9.90. The third kappa shape index (κ3) is 3.25. The highest BCUT2D eigenvalue weighted by molar-refractivity contribution is 6.33. The first-order valence-electron chi connectivity index (χ1n) is 6.79. The van der Waals surface area contributed by atoms with Gasteiger partial charge in [-0.25, -0.2) is 0 Å². The summed E-state index contributed by atoms with van der Waals surface area (Å²) >= 11 is 6.05. The fourth-order valence-corrected chi connectivity index (χ4v) is 2.88. The Balaban J connectivity index is 2.13. The molecule has 1 heterocycles. The minimum Gasteiger partial charge on any atom is -0.336 e. The molecule has 19 heavy (non-hydrogen) atoms. The predicted octanol–water partition coefficient (Wildman–Crippen LogP) is 2.47. The summed E-state index contributed by atoms with van der Waals surface area (Å²) in [6.07, 6.45) is 7.03. The van der Waals surface area contributed by atoms with E-state index < -0.39 is 0 Å². The quantitative estimate of drug-likeness (QED) is 0.926. The standard InChI is InChI=1S/C14H20ClN3O/c1-2-18(11-5-3-10(16)4-6-11)14(19)12-7-8-17-9-13(12)15/h7-11H,2-6,16H2,1H3. The Morgan fingerprint density at radius 1 is 1.47 bits per heavy atom.